The van der Waals surface area contributed by atoms with Gasteiger partial charge in [-0.3, -0.25) is 9.69 Å². The number of rotatable bonds is 8. The molecule has 2 aromatic rings. The highest BCUT2D eigenvalue weighted by Crippen LogP contribution is 2.26. The molecule has 1 saturated heterocycles. The zero-order valence-electron chi connectivity index (χ0n) is 17.7. The Hall–Kier alpha value is -2.45. The fourth-order valence-corrected chi connectivity index (χ4v) is 3.87. The average molecular weight is 414 g/mol. The topological polar surface area (TPSA) is 85.3 Å². The van der Waals surface area contributed by atoms with E-state index in [4.69, 9.17) is 4.74 Å². The number of aliphatic hydroxyl groups is 2. The maximum absolute atomic E-state index is 12.6. The van der Waals surface area contributed by atoms with Gasteiger partial charge in [0, 0.05) is 38.4 Å². The molecule has 0 bridgehead atoms. The van der Waals surface area contributed by atoms with Gasteiger partial charge in [-0.05, 0) is 36.9 Å². The molecule has 1 amide bonds. The lowest BCUT2D eigenvalue weighted by Crippen LogP contribution is -2.49. The van der Waals surface area contributed by atoms with Crippen molar-refractivity contribution >= 4 is 11.6 Å². The lowest BCUT2D eigenvalue weighted by atomic mass is 10.0. The number of anilines is 1. The summed E-state index contributed by atoms with van der Waals surface area (Å²) in [6, 6.07) is 17.0. The summed E-state index contributed by atoms with van der Waals surface area (Å²) in [5.41, 5.74) is 2.69. The molecule has 30 heavy (non-hydrogen) atoms. The Balaban J connectivity index is 1.65. The fraction of sp³-hybridized carbons (Fsp3) is 0.435. The largest absolute Gasteiger partial charge is 0.394 e. The third-order valence-corrected chi connectivity index (χ3v) is 5.53. The van der Waals surface area contributed by atoms with Crippen LogP contribution in [0.3, 0.4) is 0 Å². The number of carbonyl (C=O) groups excluding carboxylic acids is 1. The van der Waals surface area contributed by atoms with E-state index in [1.807, 2.05) is 73.4 Å². The van der Waals surface area contributed by atoms with Crippen molar-refractivity contribution in [2.24, 2.45) is 0 Å². The fourth-order valence-electron chi connectivity index (χ4n) is 3.87. The number of likely N-dealkylation sites (N-methyl/N-ethyl adjacent to an activating group) is 1. The van der Waals surface area contributed by atoms with Crippen molar-refractivity contribution < 1.29 is 19.7 Å². The molecule has 0 unspecified atom stereocenters. The number of benzene rings is 2. The lowest BCUT2D eigenvalue weighted by Gasteiger charge is -2.30. The van der Waals surface area contributed by atoms with Crippen LogP contribution in [0, 0.1) is 0 Å². The van der Waals surface area contributed by atoms with Gasteiger partial charge in [-0.15, -0.1) is 0 Å². The zero-order chi connectivity index (χ0) is 21.7. The predicted octanol–water partition coefficient (Wildman–Crippen LogP) is 1.10. The minimum absolute atomic E-state index is 0.199. The van der Waals surface area contributed by atoms with Crippen molar-refractivity contribution in [1.29, 1.82) is 0 Å². The SMILES string of the molecule is CN(C)c1ccc(C(=O)NC[C@@H]2O[C@@H](CO)[C@@H](O)[C@H]2N(C)Cc2ccccc2)cc1. The normalized spacial score (nSPS) is 23.5. The third kappa shape index (κ3) is 5.17. The van der Waals surface area contributed by atoms with Crippen LogP contribution in [-0.4, -0.2) is 79.7 Å². The van der Waals surface area contributed by atoms with E-state index < -0.39 is 18.3 Å². The first-order valence-electron chi connectivity index (χ1n) is 10.1. The smallest absolute Gasteiger partial charge is 0.251 e. The summed E-state index contributed by atoms with van der Waals surface area (Å²) in [4.78, 5) is 16.6. The highest BCUT2D eigenvalue weighted by atomic mass is 16.5. The van der Waals surface area contributed by atoms with Crippen LogP contribution in [0.15, 0.2) is 54.6 Å². The molecule has 3 rings (SSSR count). The van der Waals surface area contributed by atoms with E-state index in [0.717, 1.165) is 11.3 Å². The second-order valence-corrected chi connectivity index (χ2v) is 7.93. The van der Waals surface area contributed by atoms with Crippen LogP contribution in [0.2, 0.25) is 0 Å². The van der Waals surface area contributed by atoms with Gasteiger partial charge in [-0.25, -0.2) is 0 Å². The second kappa shape index (κ2) is 10.0. The quantitative estimate of drug-likeness (QED) is 0.601. The molecular formula is C23H31N3O4. The van der Waals surface area contributed by atoms with Crippen molar-refractivity contribution in [2.45, 2.75) is 30.9 Å². The highest BCUT2D eigenvalue weighted by molar-refractivity contribution is 5.94. The maximum Gasteiger partial charge on any atom is 0.251 e. The molecule has 162 valence electrons. The third-order valence-electron chi connectivity index (χ3n) is 5.53. The van der Waals surface area contributed by atoms with Crippen LogP contribution < -0.4 is 10.2 Å². The standard InChI is InChI=1S/C23H31N3O4/c1-25(2)18-11-9-17(10-12-18)23(29)24-13-19-21(22(28)20(15-27)30-19)26(3)14-16-7-5-4-6-8-16/h4-12,19-22,27-28H,13-15H2,1-3H3,(H,24,29)/t19-,20-,21-,22+/m0/s1. The molecule has 7 heteroatoms. The van der Waals surface area contributed by atoms with Crippen LogP contribution in [-0.2, 0) is 11.3 Å². The maximum atomic E-state index is 12.6. The number of carbonyl (C=O) groups is 1. The van der Waals surface area contributed by atoms with E-state index in [9.17, 15) is 15.0 Å². The molecule has 0 saturated carbocycles. The summed E-state index contributed by atoms with van der Waals surface area (Å²) in [7, 11) is 5.81. The Morgan fingerprint density at radius 3 is 2.30 bits per heavy atom. The average Bonchev–Trinajstić information content (AvgIpc) is 3.08. The van der Waals surface area contributed by atoms with Crippen LogP contribution >= 0.6 is 0 Å². The van der Waals surface area contributed by atoms with Gasteiger partial charge >= 0.3 is 0 Å². The van der Waals surface area contributed by atoms with E-state index >= 15 is 0 Å². The Morgan fingerprint density at radius 2 is 1.70 bits per heavy atom. The van der Waals surface area contributed by atoms with Gasteiger partial charge in [0.15, 0.2) is 0 Å². The van der Waals surface area contributed by atoms with Crippen LogP contribution in [0.1, 0.15) is 15.9 Å². The molecule has 1 aliphatic heterocycles. The lowest BCUT2D eigenvalue weighted by molar-refractivity contribution is -0.0209. The summed E-state index contributed by atoms with van der Waals surface area (Å²) in [6.45, 7) is 0.597. The number of amides is 1. The molecule has 2 aromatic carbocycles. The molecule has 3 N–H and O–H groups in total. The number of ether oxygens (including phenoxy) is 1. The van der Waals surface area contributed by atoms with E-state index in [2.05, 4.69) is 5.32 Å². The molecule has 1 heterocycles. The van der Waals surface area contributed by atoms with E-state index in [1.165, 1.54) is 0 Å². The number of nitrogens with zero attached hydrogens (tertiary/aromatic N) is 2. The molecule has 0 radical (unpaired) electrons. The van der Waals surface area contributed by atoms with Gasteiger partial charge < -0.3 is 25.2 Å². The van der Waals surface area contributed by atoms with Gasteiger partial charge in [0.2, 0.25) is 0 Å². The molecule has 1 fully saturated rings. The Bertz CT molecular complexity index is 813. The minimum Gasteiger partial charge on any atom is -0.394 e. The molecule has 7 nitrogen and oxygen atoms in total. The summed E-state index contributed by atoms with van der Waals surface area (Å²) >= 11 is 0. The van der Waals surface area contributed by atoms with Gasteiger partial charge in [0.25, 0.3) is 5.91 Å². The number of hydrogen-bond donors (Lipinski definition) is 3. The first-order chi connectivity index (χ1) is 14.4. The molecule has 0 aromatic heterocycles. The van der Waals surface area contributed by atoms with Gasteiger partial charge in [-0.1, -0.05) is 30.3 Å². The zero-order valence-corrected chi connectivity index (χ0v) is 17.7. The van der Waals surface area contributed by atoms with Gasteiger partial charge in [-0.2, -0.15) is 0 Å². The van der Waals surface area contributed by atoms with Crippen molar-refractivity contribution in [3.63, 3.8) is 0 Å². The van der Waals surface area contributed by atoms with Crippen molar-refractivity contribution in [2.75, 3.05) is 39.2 Å². The van der Waals surface area contributed by atoms with Crippen LogP contribution in [0.5, 0.6) is 0 Å². The monoisotopic (exact) mass is 413 g/mol. The first kappa shape index (κ1) is 22.2. The number of hydrogen-bond acceptors (Lipinski definition) is 6. The van der Waals surface area contributed by atoms with Crippen molar-refractivity contribution in [3.05, 3.63) is 65.7 Å². The van der Waals surface area contributed by atoms with Gasteiger partial charge in [0.05, 0.1) is 18.8 Å². The molecule has 1 aliphatic rings. The van der Waals surface area contributed by atoms with Crippen LogP contribution in [0.25, 0.3) is 0 Å². The molecule has 4 atom stereocenters. The summed E-state index contributed by atoms with van der Waals surface area (Å²) in [6.07, 6.45) is -1.95. The van der Waals surface area contributed by atoms with Crippen molar-refractivity contribution in [1.82, 2.24) is 10.2 Å². The Morgan fingerprint density at radius 1 is 1.03 bits per heavy atom. The first-order valence-corrected chi connectivity index (χ1v) is 10.1. The number of nitrogens with one attached hydrogen (secondary N) is 1. The van der Waals surface area contributed by atoms with E-state index in [0.29, 0.717) is 12.1 Å². The molecule has 0 aliphatic carbocycles. The highest BCUT2D eigenvalue weighted by Gasteiger charge is 2.45. The van der Waals surface area contributed by atoms with E-state index in [1.54, 1.807) is 12.1 Å². The summed E-state index contributed by atoms with van der Waals surface area (Å²) in [5.74, 6) is -0.199. The van der Waals surface area contributed by atoms with Crippen molar-refractivity contribution in [3.8, 4) is 0 Å². The molecule has 0 spiro atoms. The summed E-state index contributed by atoms with van der Waals surface area (Å²) < 4.78 is 5.87. The Labute approximate surface area is 177 Å². The molecular weight excluding hydrogens is 382 g/mol. The minimum atomic E-state index is -0.843. The van der Waals surface area contributed by atoms with E-state index in [-0.39, 0.29) is 25.1 Å². The predicted molar refractivity (Wildman–Crippen MR) is 117 cm³/mol. The van der Waals surface area contributed by atoms with Gasteiger partial charge in [0.1, 0.15) is 12.2 Å². The number of aliphatic hydroxyl groups excluding tert-OH is 2. The second-order valence-electron chi connectivity index (χ2n) is 7.93. The van der Waals surface area contributed by atoms with Crippen LogP contribution in [0.4, 0.5) is 5.69 Å². The Kier molecular flexibility index (Phi) is 7.44. The summed E-state index contributed by atoms with van der Waals surface area (Å²) in [5, 5.41) is 23.2.